The number of aliphatic carboxylic acids is 1. The highest BCUT2D eigenvalue weighted by Crippen LogP contribution is 2.11. The van der Waals surface area contributed by atoms with Gasteiger partial charge < -0.3 is 21.5 Å². The summed E-state index contributed by atoms with van der Waals surface area (Å²) in [4.78, 5) is 45.5. The fourth-order valence-electron chi connectivity index (χ4n) is 2.19. The number of carbonyl (C=O) groups is 4. The molecule has 5 N–H and O–H groups in total. The molecule has 0 saturated heterocycles. The number of hydrogen-bond acceptors (Lipinski definition) is 4. The van der Waals surface area contributed by atoms with Gasteiger partial charge in [-0.25, -0.2) is 0 Å². The molecular formula is C17H23N3O5. The van der Waals surface area contributed by atoms with Crippen molar-refractivity contribution in [2.24, 2.45) is 5.73 Å². The number of carboxylic acids is 1. The molecule has 0 aliphatic carbocycles. The molecule has 0 spiro atoms. The molecule has 0 aliphatic rings. The predicted octanol–water partition coefficient (Wildman–Crippen LogP) is 0.479. The van der Waals surface area contributed by atoms with E-state index in [0.29, 0.717) is 0 Å². The van der Waals surface area contributed by atoms with E-state index in [4.69, 9.17) is 10.8 Å². The van der Waals surface area contributed by atoms with E-state index >= 15 is 0 Å². The standard InChI is InChI=1S/C17H23N3O5/c1-11(12-5-3-2-4-6-12)19-14(21)8-9-15(22)20-13(17(18)25)7-10-16(23)24/h2-6,11,13H,7-10H2,1H3,(H2,18,25)(H,19,21)(H,20,22)(H,23,24)/t11-,13+/m1/s1. The number of hydrogen-bond donors (Lipinski definition) is 4. The summed E-state index contributed by atoms with van der Waals surface area (Å²) in [6.45, 7) is 1.84. The number of nitrogens with one attached hydrogen (secondary N) is 2. The molecule has 0 fully saturated rings. The normalized spacial score (nSPS) is 12.7. The molecule has 3 amide bonds. The van der Waals surface area contributed by atoms with Gasteiger partial charge in [0.15, 0.2) is 0 Å². The zero-order chi connectivity index (χ0) is 18.8. The van der Waals surface area contributed by atoms with Crippen molar-refractivity contribution in [2.75, 3.05) is 0 Å². The van der Waals surface area contributed by atoms with Crippen molar-refractivity contribution in [2.45, 2.75) is 44.7 Å². The summed E-state index contributed by atoms with van der Waals surface area (Å²) in [6, 6.07) is 8.14. The van der Waals surface area contributed by atoms with Crippen molar-refractivity contribution < 1.29 is 24.3 Å². The average molecular weight is 349 g/mol. The molecule has 136 valence electrons. The molecule has 8 heteroatoms. The molecule has 0 bridgehead atoms. The van der Waals surface area contributed by atoms with Gasteiger partial charge in [0.05, 0.1) is 6.04 Å². The third-order valence-corrected chi connectivity index (χ3v) is 3.58. The fraction of sp³-hybridized carbons (Fsp3) is 0.412. The minimum absolute atomic E-state index is 0.0482. The van der Waals surface area contributed by atoms with Gasteiger partial charge in [0.1, 0.15) is 6.04 Å². The molecule has 25 heavy (non-hydrogen) atoms. The Bertz CT molecular complexity index is 618. The maximum atomic E-state index is 11.9. The molecule has 0 heterocycles. The van der Waals surface area contributed by atoms with Gasteiger partial charge in [-0.05, 0) is 18.9 Å². The van der Waals surface area contributed by atoms with Gasteiger partial charge in [-0.3, -0.25) is 19.2 Å². The van der Waals surface area contributed by atoms with Crippen molar-refractivity contribution >= 4 is 23.7 Å². The van der Waals surface area contributed by atoms with Gasteiger partial charge >= 0.3 is 5.97 Å². The predicted molar refractivity (Wildman–Crippen MR) is 90.2 cm³/mol. The number of primary amides is 1. The average Bonchev–Trinajstić information content (AvgIpc) is 2.57. The van der Waals surface area contributed by atoms with Crippen molar-refractivity contribution in [1.82, 2.24) is 10.6 Å². The molecule has 0 aromatic heterocycles. The Labute approximate surface area is 145 Å². The SMILES string of the molecule is C[C@@H](NC(=O)CCC(=O)N[C@@H](CCC(=O)O)C(N)=O)c1ccccc1. The van der Waals surface area contributed by atoms with Crippen LogP contribution < -0.4 is 16.4 Å². The topological polar surface area (TPSA) is 139 Å². The van der Waals surface area contributed by atoms with E-state index < -0.39 is 23.8 Å². The van der Waals surface area contributed by atoms with Crippen molar-refractivity contribution in [3.05, 3.63) is 35.9 Å². The van der Waals surface area contributed by atoms with Crippen LogP contribution in [0.25, 0.3) is 0 Å². The largest absolute Gasteiger partial charge is 0.481 e. The molecule has 0 aliphatic heterocycles. The summed E-state index contributed by atoms with van der Waals surface area (Å²) in [5.74, 6) is -2.73. The summed E-state index contributed by atoms with van der Waals surface area (Å²) >= 11 is 0. The highest BCUT2D eigenvalue weighted by Gasteiger charge is 2.19. The molecule has 1 aromatic rings. The van der Waals surface area contributed by atoms with Gasteiger partial charge in [-0.15, -0.1) is 0 Å². The van der Waals surface area contributed by atoms with E-state index in [1.807, 2.05) is 37.3 Å². The van der Waals surface area contributed by atoms with Gasteiger partial charge in [-0.2, -0.15) is 0 Å². The van der Waals surface area contributed by atoms with Crippen molar-refractivity contribution in [1.29, 1.82) is 0 Å². The van der Waals surface area contributed by atoms with E-state index in [1.165, 1.54) is 0 Å². The summed E-state index contributed by atoms with van der Waals surface area (Å²) in [6.07, 6.45) is -0.547. The summed E-state index contributed by atoms with van der Waals surface area (Å²) in [5, 5.41) is 13.7. The number of benzene rings is 1. The van der Waals surface area contributed by atoms with Crippen LogP contribution in [0.4, 0.5) is 0 Å². The summed E-state index contributed by atoms with van der Waals surface area (Å²) in [7, 11) is 0. The molecule has 0 saturated carbocycles. The Hall–Kier alpha value is -2.90. The van der Waals surface area contributed by atoms with E-state index in [2.05, 4.69) is 10.6 Å². The van der Waals surface area contributed by atoms with Gasteiger partial charge in [0.2, 0.25) is 17.7 Å². The number of carboxylic acid groups (broad SMARTS) is 1. The zero-order valence-corrected chi connectivity index (χ0v) is 14.0. The van der Waals surface area contributed by atoms with Crippen LogP contribution in [-0.4, -0.2) is 34.8 Å². The monoisotopic (exact) mass is 349 g/mol. The van der Waals surface area contributed by atoms with Crippen LogP contribution in [0.5, 0.6) is 0 Å². The second kappa shape index (κ2) is 10.1. The minimum Gasteiger partial charge on any atom is -0.481 e. The quantitative estimate of drug-likeness (QED) is 0.486. The molecule has 2 atom stereocenters. The smallest absolute Gasteiger partial charge is 0.303 e. The Kier molecular flexibility index (Phi) is 8.11. The van der Waals surface area contributed by atoms with E-state index in [1.54, 1.807) is 0 Å². The summed E-state index contributed by atoms with van der Waals surface area (Å²) < 4.78 is 0. The lowest BCUT2D eigenvalue weighted by Gasteiger charge is -2.16. The lowest BCUT2D eigenvalue weighted by atomic mass is 10.1. The van der Waals surface area contributed by atoms with E-state index in [-0.39, 0.29) is 37.6 Å². The number of carbonyl (C=O) groups excluding carboxylic acids is 3. The maximum absolute atomic E-state index is 11.9. The lowest BCUT2D eigenvalue weighted by Crippen LogP contribution is -2.44. The fourth-order valence-corrected chi connectivity index (χ4v) is 2.19. The van der Waals surface area contributed by atoms with Crippen LogP contribution in [0.3, 0.4) is 0 Å². The van der Waals surface area contributed by atoms with Crippen molar-refractivity contribution in [3.63, 3.8) is 0 Å². The Morgan fingerprint density at radius 2 is 1.56 bits per heavy atom. The van der Waals surface area contributed by atoms with Crippen LogP contribution in [0.2, 0.25) is 0 Å². The maximum Gasteiger partial charge on any atom is 0.303 e. The van der Waals surface area contributed by atoms with Gasteiger partial charge in [0.25, 0.3) is 0 Å². The molecule has 0 radical (unpaired) electrons. The Balaban J connectivity index is 2.40. The second-order valence-corrected chi connectivity index (χ2v) is 5.65. The highest BCUT2D eigenvalue weighted by molar-refractivity contribution is 5.89. The third kappa shape index (κ3) is 7.96. The van der Waals surface area contributed by atoms with Crippen LogP contribution in [0, 0.1) is 0 Å². The van der Waals surface area contributed by atoms with Gasteiger partial charge in [0, 0.05) is 19.3 Å². The Morgan fingerprint density at radius 1 is 1.00 bits per heavy atom. The van der Waals surface area contributed by atoms with E-state index in [9.17, 15) is 19.2 Å². The molecule has 1 rings (SSSR count). The van der Waals surface area contributed by atoms with Crippen LogP contribution >= 0.6 is 0 Å². The van der Waals surface area contributed by atoms with Crippen LogP contribution in [0.15, 0.2) is 30.3 Å². The molecule has 8 nitrogen and oxygen atoms in total. The second-order valence-electron chi connectivity index (χ2n) is 5.65. The first-order chi connectivity index (χ1) is 11.8. The van der Waals surface area contributed by atoms with Crippen molar-refractivity contribution in [3.8, 4) is 0 Å². The van der Waals surface area contributed by atoms with Crippen LogP contribution in [-0.2, 0) is 19.2 Å². The zero-order valence-electron chi connectivity index (χ0n) is 14.0. The third-order valence-electron chi connectivity index (χ3n) is 3.58. The molecular weight excluding hydrogens is 326 g/mol. The molecule has 1 aromatic carbocycles. The first kappa shape index (κ1) is 20.1. The highest BCUT2D eigenvalue weighted by atomic mass is 16.4. The summed E-state index contributed by atoms with van der Waals surface area (Å²) in [5.41, 5.74) is 6.08. The first-order valence-electron chi connectivity index (χ1n) is 7.94. The number of nitrogens with two attached hydrogens (primary N) is 1. The minimum atomic E-state index is -1.09. The first-order valence-corrected chi connectivity index (χ1v) is 7.94. The van der Waals surface area contributed by atoms with Crippen LogP contribution in [0.1, 0.15) is 44.2 Å². The van der Waals surface area contributed by atoms with E-state index in [0.717, 1.165) is 5.56 Å². The van der Waals surface area contributed by atoms with Gasteiger partial charge in [-0.1, -0.05) is 30.3 Å². The molecule has 0 unspecified atom stereocenters. The number of amides is 3. The lowest BCUT2D eigenvalue weighted by molar-refractivity contribution is -0.137. The Morgan fingerprint density at radius 3 is 2.08 bits per heavy atom. The number of rotatable bonds is 10.